The van der Waals surface area contributed by atoms with E-state index in [4.69, 9.17) is 22.1 Å². The van der Waals surface area contributed by atoms with Gasteiger partial charge < -0.3 is 10.5 Å². The van der Waals surface area contributed by atoms with Gasteiger partial charge >= 0.3 is 0 Å². The molecule has 0 saturated carbocycles. The van der Waals surface area contributed by atoms with Crippen LogP contribution in [-0.4, -0.2) is 29.6 Å². The van der Waals surface area contributed by atoms with Crippen molar-refractivity contribution in [3.8, 4) is 23.6 Å². The summed E-state index contributed by atoms with van der Waals surface area (Å²) < 4.78 is 33.9. The molecule has 9 nitrogen and oxygen atoms in total. The van der Waals surface area contributed by atoms with E-state index >= 15 is 0 Å². The first kappa shape index (κ1) is 22.1. The first-order valence-corrected chi connectivity index (χ1v) is 11.4. The molecule has 0 amide bonds. The summed E-state index contributed by atoms with van der Waals surface area (Å²) in [5.74, 6) is 0.448. The number of nitrogens with two attached hydrogens (primary N) is 1. The monoisotopic (exact) mass is 478 g/mol. The van der Waals surface area contributed by atoms with Gasteiger partial charge in [0, 0.05) is 10.7 Å². The van der Waals surface area contributed by atoms with Crippen LogP contribution in [0.5, 0.6) is 5.75 Å². The van der Waals surface area contributed by atoms with Gasteiger partial charge in [-0.1, -0.05) is 11.6 Å². The molecule has 0 aliphatic heterocycles. The smallest absolute Gasteiger partial charge is 0.212 e. The Morgan fingerprint density at radius 2 is 1.64 bits per heavy atom. The zero-order valence-corrected chi connectivity index (χ0v) is 18.7. The number of sulfone groups is 1. The quantitative estimate of drug-likeness (QED) is 0.457. The second-order valence-electron chi connectivity index (χ2n) is 6.75. The van der Waals surface area contributed by atoms with Gasteiger partial charge in [-0.3, -0.25) is 4.57 Å². The molecule has 0 radical (unpaired) electrons. The molecule has 33 heavy (non-hydrogen) atoms. The molecule has 0 fully saturated rings. The van der Waals surface area contributed by atoms with Crippen molar-refractivity contribution < 1.29 is 13.2 Å². The van der Waals surface area contributed by atoms with E-state index in [0.717, 1.165) is 0 Å². The molecule has 0 saturated heterocycles. The Labute approximate surface area is 194 Å². The SMILES string of the molecule is CCOc1ccc(-n2c(N)c(S(=O)(=O)c3ccc(Cl)cc3)c3nc(C#N)c(C#N)nc32)cc1. The molecule has 2 aromatic carbocycles. The van der Waals surface area contributed by atoms with E-state index in [-0.39, 0.29) is 38.2 Å². The first-order valence-electron chi connectivity index (χ1n) is 9.57. The fourth-order valence-electron chi connectivity index (χ4n) is 3.34. The number of benzene rings is 2. The first-order chi connectivity index (χ1) is 15.8. The molecule has 0 aliphatic rings. The minimum atomic E-state index is -4.19. The number of hydrogen-bond acceptors (Lipinski definition) is 8. The molecular formula is C22H15ClN6O3S. The summed E-state index contributed by atoms with van der Waals surface area (Å²) in [5.41, 5.74) is 6.19. The van der Waals surface area contributed by atoms with E-state index in [0.29, 0.717) is 23.1 Å². The number of nitriles is 2. The Morgan fingerprint density at radius 1 is 1.03 bits per heavy atom. The predicted octanol–water partition coefficient (Wildman–Crippen LogP) is 3.63. The van der Waals surface area contributed by atoms with Crippen molar-refractivity contribution in [1.29, 1.82) is 10.5 Å². The Morgan fingerprint density at radius 3 is 2.21 bits per heavy atom. The number of fused-ring (bicyclic) bond motifs is 1. The average molecular weight is 479 g/mol. The minimum absolute atomic E-state index is 0.0275. The number of halogens is 1. The van der Waals surface area contributed by atoms with Gasteiger partial charge in [0.15, 0.2) is 17.0 Å². The highest BCUT2D eigenvalue weighted by Gasteiger charge is 2.31. The molecule has 0 unspecified atom stereocenters. The highest BCUT2D eigenvalue weighted by Crippen LogP contribution is 2.37. The van der Waals surface area contributed by atoms with Gasteiger partial charge in [-0.2, -0.15) is 10.5 Å². The Balaban J connectivity index is 2.07. The molecule has 11 heteroatoms. The van der Waals surface area contributed by atoms with Crippen LogP contribution >= 0.6 is 11.6 Å². The molecule has 4 aromatic rings. The second kappa shape index (κ2) is 8.43. The summed E-state index contributed by atoms with van der Waals surface area (Å²) >= 11 is 5.90. The molecule has 164 valence electrons. The molecule has 2 heterocycles. The lowest BCUT2D eigenvalue weighted by molar-refractivity contribution is 0.340. The number of aromatic nitrogens is 3. The fraction of sp³-hybridized carbons (Fsp3) is 0.0909. The third-order valence-electron chi connectivity index (χ3n) is 4.79. The van der Waals surface area contributed by atoms with E-state index in [1.165, 1.54) is 28.8 Å². The van der Waals surface area contributed by atoms with Crippen LogP contribution in [0.15, 0.2) is 58.3 Å². The maximum Gasteiger partial charge on any atom is 0.212 e. The van der Waals surface area contributed by atoms with Crippen LogP contribution in [0, 0.1) is 22.7 Å². The van der Waals surface area contributed by atoms with Crippen LogP contribution in [0.25, 0.3) is 16.9 Å². The van der Waals surface area contributed by atoms with E-state index in [1.54, 1.807) is 30.3 Å². The van der Waals surface area contributed by atoms with Crippen molar-refractivity contribution in [2.45, 2.75) is 16.7 Å². The lowest BCUT2D eigenvalue weighted by atomic mass is 10.3. The highest BCUT2D eigenvalue weighted by atomic mass is 35.5. The summed E-state index contributed by atoms with van der Waals surface area (Å²) in [6, 6.07) is 15.9. The fourth-order valence-corrected chi connectivity index (χ4v) is 4.96. The molecule has 0 atom stereocenters. The van der Waals surface area contributed by atoms with Crippen LogP contribution in [0.4, 0.5) is 5.82 Å². The highest BCUT2D eigenvalue weighted by molar-refractivity contribution is 7.92. The summed E-state index contributed by atoms with van der Waals surface area (Å²) in [5, 5.41) is 19.2. The number of nitrogens with zero attached hydrogens (tertiary/aromatic N) is 5. The second-order valence-corrected chi connectivity index (χ2v) is 9.07. The van der Waals surface area contributed by atoms with Crippen LogP contribution in [-0.2, 0) is 9.84 Å². The molecule has 0 aliphatic carbocycles. The standard InChI is InChI=1S/C22H15ClN6O3S/c1-2-32-15-7-5-14(6-8-15)29-21(26)20(33(30,31)16-9-3-13(23)4-10-16)19-22(29)28-18(12-25)17(11-24)27-19/h3-10H,2,26H2,1H3. The number of anilines is 1. The summed E-state index contributed by atoms with van der Waals surface area (Å²) in [6.07, 6.45) is 0. The van der Waals surface area contributed by atoms with Crippen LogP contribution in [0.1, 0.15) is 18.3 Å². The Hall–Kier alpha value is -4.12. The van der Waals surface area contributed by atoms with Gasteiger partial charge in [0.2, 0.25) is 9.84 Å². The maximum absolute atomic E-state index is 13.5. The van der Waals surface area contributed by atoms with Crippen LogP contribution < -0.4 is 10.5 Å². The lowest BCUT2D eigenvalue weighted by Crippen LogP contribution is -2.07. The number of nitrogen functional groups attached to an aromatic ring is 1. The van der Waals surface area contributed by atoms with Crippen molar-refractivity contribution in [2.75, 3.05) is 12.3 Å². The van der Waals surface area contributed by atoms with Gasteiger partial charge in [0.25, 0.3) is 0 Å². The van der Waals surface area contributed by atoms with Crippen molar-refractivity contribution in [3.05, 3.63) is 64.9 Å². The topological polar surface area (TPSA) is 148 Å². The predicted molar refractivity (Wildman–Crippen MR) is 121 cm³/mol. The van der Waals surface area contributed by atoms with Crippen molar-refractivity contribution in [1.82, 2.24) is 14.5 Å². The third-order valence-corrected chi connectivity index (χ3v) is 6.87. The third kappa shape index (κ3) is 3.72. The summed E-state index contributed by atoms with van der Waals surface area (Å²) in [6.45, 7) is 2.33. The van der Waals surface area contributed by atoms with Gasteiger partial charge in [-0.05, 0) is 55.5 Å². The zero-order chi connectivity index (χ0) is 23.8. The molecule has 4 rings (SSSR count). The Kier molecular flexibility index (Phi) is 5.64. The lowest BCUT2D eigenvalue weighted by Gasteiger charge is -2.10. The molecular weight excluding hydrogens is 464 g/mol. The summed E-state index contributed by atoms with van der Waals surface area (Å²) in [4.78, 5) is 7.99. The largest absolute Gasteiger partial charge is 0.494 e. The number of rotatable bonds is 5. The Bertz CT molecular complexity index is 1560. The van der Waals surface area contributed by atoms with Gasteiger partial charge in [-0.25, -0.2) is 18.4 Å². The van der Waals surface area contributed by atoms with Gasteiger partial charge in [-0.15, -0.1) is 0 Å². The van der Waals surface area contributed by atoms with Crippen molar-refractivity contribution >= 4 is 38.4 Å². The van der Waals surface area contributed by atoms with Gasteiger partial charge in [0.1, 0.15) is 34.1 Å². The van der Waals surface area contributed by atoms with Gasteiger partial charge in [0.05, 0.1) is 11.5 Å². The normalized spacial score (nSPS) is 11.2. The van der Waals surface area contributed by atoms with Crippen LogP contribution in [0.3, 0.4) is 0 Å². The summed E-state index contributed by atoms with van der Waals surface area (Å²) in [7, 11) is -4.19. The molecule has 0 spiro atoms. The molecule has 0 bridgehead atoms. The van der Waals surface area contributed by atoms with E-state index in [2.05, 4.69) is 9.97 Å². The zero-order valence-electron chi connectivity index (χ0n) is 17.2. The molecule has 2 N–H and O–H groups in total. The van der Waals surface area contributed by atoms with E-state index in [9.17, 15) is 18.9 Å². The number of hydrogen-bond donors (Lipinski definition) is 1. The molecule has 2 aromatic heterocycles. The maximum atomic E-state index is 13.5. The van der Waals surface area contributed by atoms with Crippen LogP contribution in [0.2, 0.25) is 5.02 Å². The van der Waals surface area contributed by atoms with E-state index in [1.807, 2.05) is 13.0 Å². The van der Waals surface area contributed by atoms with Crippen molar-refractivity contribution in [2.24, 2.45) is 0 Å². The number of ether oxygens (including phenoxy) is 1. The minimum Gasteiger partial charge on any atom is -0.494 e. The average Bonchev–Trinajstić information content (AvgIpc) is 3.10. The van der Waals surface area contributed by atoms with Crippen molar-refractivity contribution in [3.63, 3.8) is 0 Å². The van der Waals surface area contributed by atoms with E-state index < -0.39 is 9.84 Å².